The number of Topliss-reactive ketones (excluding diaryl/α,β-unsaturated/α-hetero) is 1. The van der Waals surface area contributed by atoms with Gasteiger partial charge in [0.2, 0.25) is 0 Å². The molecule has 2 heterocycles. The van der Waals surface area contributed by atoms with Crippen LogP contribution < -0.4 is 21.3 Å². The summed E-state index contributed by atoms with van der Waals surface area (Å²) in [5, 5.41) is 29.7. The molecule has 5 N–H and O–H groups in total. The minimum Gasteiger partial charge on any atom is -0.465 e. The zero-order valence-electron chi connectivity index (χ0n) is 17.7. The number of ketones is 1. The van der Waals surface area contributed by atoms with E-state index in [9.17, 15) is 19.2 Å². The molecule has 0 spiro atoms. The Morgan fingerprint density at radius 3 is 2.53 bits per heavy atom. The average Bonchev–Trinajstić information content (AvgIpc) is 2.76. The fourth-order valence-corrected chi connectivity index (χ4v) is 3.72. The highest BCUT2D eigenvalue weighted by Crippen LogP contribution is 2.28. The van der Waals surface area contributed by atoms with E-state index in [0.717, 1.165) is 18.9 Å². The highest BCUT2D eigenvalue weighted by Gasteiger charge is 2.28. The second kappa shape index (κ2) is 9.91. The van der Waals surface area contributed by atoms with Gasteiger partial charge in [0.15, 0.2) is 23.2 Å². The van der Waals surface area contributed by atoms with Crippen molar-refractivity contribution in [1.29, 1.82) is 5.26 Å². The smallest absolute Gasteiger partial charge is 0.404 e. The SMILES string of the molecule is CNc1ncc(Nc2nc(N[C@@H]3CCCC[C@@H]3NC(=O)O)c(F)cc2C#N)cc1C(C)=O. The van der Waals surface area contributed by atoms with Crippen molar-refractivity contribution < 1.29 is 19.1 Å². The van der Waals surface area contributed by atoms with Gasteiger partial charge in [-0.1, -0.05) is 12.8 Å². The molecule has 2 aromatic rings. The second-order valence-electron chi connectivity index (χ2n) is 7.47. The summed E-state index contributed by atoms with van der Waals surface area (Å²) < 4.78 is 14.7. The molecule has 1 amide bonds. The fourth-order valence-electron chi connectivity index (χ4n) is 3.72. The van der Waals surface area contributed by atoms with Gasteiger partial charge >= 0.3 is 6.09 Å². The van der Waals surface area contributed by atoms with Crippen LogP contribution in [0.5, 0.6) is 0 Å². The van der Waals surface area contributed by atoms with Crippen LogP contribution in [0.2, 0.25) is 0 Å². The number of nitriles is 1. The lowest BCUT2D eigenvalue weighted by Crippen LogP contribution is -2.48. The number of aromatic nitrogens is 2. The third-order valence-corrected chi connectivity index (χ3v) is 5.26. The van der Waals surface area contributed by atoms with E-state index in [1.165, 1.54) is 13.1 Å². The summed E-state index contributed by atoms with van der Waals surface area (Å²) >= 11 is 0. The molecule has 2 atom stereocenters. The van der Waals surface area contributed by atoms with E-state index in [4.69, 9.17) is 5.11 Å². The maximum atomic E-state index is 14.7. The summed E-state index contributed by atoms with van der Waals surface area (Å²) in [6, 6.07) is 3.79. The fraction of sp³-hybridized carbons (Fsp3) is 0.381. The molecule has 1 aliphatic rings. The number of hydrogen-bond acceptors (Lipinski definition) is 8. The van der Waals surface area contributed by atoms with Gasteiger partial charge in [0.1, 0.15) is 11.9 Å². The van der Waals surface area contributed by atoms with Gasteiger partial charge in [-0.15, -0.1) is 0 Å². The number of rotatable bonds is 7. The topological polar surface area (TPSA) is 152 Å². The first kappa shape index (κ1) is 22.7. The Balaban J connectivity index is 1.90. The normalized spacial score (nSPS) is 17.7. The van der Waals surface area contributed by atoms with Crippen molar-refractivity contribution >= 4 is 35.0 Å². The maximum absolute atomic E-state index is 14.7. The lowest BCUT2D eigenvalue weighted by molar-refractivity contribution is 0.101. The number of anilines is 4. The Kier molecular flexibility index (Phi) is 7.04. The van der Waals surface area contributed by atoms with Crippen LogP contribution >= 0.6 is 0 Å². The van der Waals surface area contributed by atoms with Crippen LogP contribution in [0.3, 0.4) is 0 Å². The molecule has 0 radical (unpaired) electrons. The van der Waals surface area contributed by atoms with E-state index < -0.39 is 11.9 Å². The van der Waals surface area contributed by atoms with Crippen molar-refractivity contribution in [3.63, 3.8) is 0 Å². The Bertz CT molecular complexity index is 1070. The third-order valence-electron chi connectivity index (χ3n) is 5.26. The molecule has 0 bridgehead atoms. The van der Waals surface area contributed by atoms with Crippen molar-refractivity contribution in [2.45, 2.75) is 44.7 Å². The predicted molar refractivity (Wildman–Crippen MR) is 117 cm³/mol. The van der Waals surface area contributed by atoms with Crippen molar-refractivity contribution in [2.75, 3.05) is 23.0 Å². The van der Waals surface area contributed by atoms with Gasteiger partial charge in [-0.25, -0.2) is 19.2 Å². The van der Waals surface area contributed by atoms with Crippen molar-refractivity contribution in [2.24, 2.45) is 0 Å². The number of amides is 1. The number of hydrogen-bond donors (Lipinski definition) is 5. The molecular weight excluding hydrogens is 417 g/mol. The third kappa shape index (κ3) is 5.21. The van der Waals surface area contributed by atoms with E-state index in [2.05, 4.69) is 31.2 Å². The molecule has 1 aliphatic carbocycles. The number of halogens is 1. The number of carbonyl (C=O) groups excluding carboxylic acids is 1. The van der Waals surface area contributed by atoms with Gasteiger partial charge in [-0.2, -0.15) is 5.26 Å². The van der Waals surface area contributed by atoms with Crippen LogP contribution in [0, 0.1) is 17.1 Å². The summed E-state index contributed by atoms with van der Waals surface area (Å²) in [6.45, 7) is 1.41. The van der Waals surface area contributed by atoms with Crippen molar-refractivity contribution in [3.8, 4) is 6.07 Å². The van der Waals surface area contributed by atoms with E-state index in [0.29, 0.717) is 29.9 Å². The molecule has 0 saturated heterocycles. The Morgan fingerprint density at radius 1 is 1.19 bits per heavy atom. The molecule has 1 fully saturated rings. The first-order chi connectivity index (χ1) is 15.3. The number of nitrogens with zero attached hydrogens (tertiary/aromatic N) is 3. The molecule has 2 aromatic heterocycles. The maximum Gasteiger partial charge on any atom is 0.404 e. The van der Waals surface area contributed by atoms with Crippen molar-refractivity contribution in [3.05, 3.63) is 35.3 Å². The van der Waals surface area contributed by atoms with Gasteiger partial charge in [-0.05, 0) is 31.9 Å². The van der Waals surface area contributed by atoms with Gasteiger partial charge in [0.05, 0.1) is 29.1 Å². The molecule has 32 heavy (non-hydrogen) atoms. The van der Waals surface area contributed by atoms with Crippen LogP contribution in [0.4, 0.5) is 32.3 Å². The highest BCUT2D eigenvalue weighted by molar-refractivity contribution is 5.99. The molecule has 0 unspecified atom stereocenters. The zero-order chi connectivity index (χ0) is 23.3. The molecule has 10 nitrogen and oxygen atoms in total. The van der Waals surface area contributed by atoms with Crippen LogP contribution in [0.1, 0.15) is 48.5 Å². The summed E-state index contributed by atoms with van der Waals surface area (Å²) in [5.74, 6) is -0.521. The number of pyridine rings is 2. The second-order valence-corrected chi connectivity index (χ2v) is 7.47. The summed E-state index contributed by atoms with van der Waals surface area (Å²) in [7, 11) is 1.65. The molecule has 0 aliphatic heterocycles. The first-order valence-corrected chi connectivity index (χ1v) is 10.1. The monoisotopic (exact) mass is 441 g/mol. The molecule has 0 aromatic carbocycles. The number of carboxylic acid groups (broad SMARTS) is 1. The van der Waals surface area contributed by atoms with E-state index in [-0.39, 0.29) is 35.1 Å². The van der Waals surface area contributed by atoms with E-state index in [1.54, 1.807) is 13.1 Å². The average molecular weight is 441 g/mol. The van der Waals surface area contributed by atoms with E-state index >= 15 is 0 Å². The van der Waals surface area contributed by atoms with Gasteiger partial charge < -0.3 is 26.4 Å². The van der Waals surface area contributed by atoms with Crippen molar-refractivity contribution in [1.82, 2.24) is 15.3 Å². The molecule has 1 saturated carbocycles. The summed E-state index contributed by atoms with van der Waals surface area (Å²) in [5.41, 5.74) is 0.721. The Hall–Kier alpha value is -3.94. The summed E-state index contributed by atoms with van der Waals surface area (Å²) in [6.07, 6.45) is 3.34. The zero-order valence-corrected chi connectivity index (χ0v) is 17.7. The van der Waals surface area contributed by atoms with Crippen LogP contribution in [0.15, 0.2) is 18.3 Å². The summed E-state index contributed by atoms with van der Waals surface area (Å²) in [4.78, 5) is 31.4. The molecule has 11 heteroatoms. The molecule has 3 rings (SSSR count). The minimum atomic E-state index is -1.14. The largest absolute Gasteiger partial charge is 0.465 e. The van der Waals surface area contributed by atoms with E-state index in [1.807, 2.05) is 6.07 Å². The lowest BCUT2D eigenvalue weighted by atomic mass is 9.90. The van der Waals surface area contributed by atoms with Gasteiger partial charge in [-0.3, -0.25) is 4.79 Å². The van der Waals surface area contributed by atoms with Gasteiger partial charge in [0.25, 0.3) is 0 Å². The Morgan fingerprint density at radius 2 is 1.91 bits per heavy atom. The number of carbonyl (C=O) groups is 2. The van der Waals surface area contributed by atoms with Gasteiger partial charge in [0, 0.05) is 13.1 Å². The van der Waals surface area contributed by atoms with Crippen LogP contribution in [0.25, 0.3) is 0 Å². The molecular formula is C21H24FN7O3. The Labute approximate surface area is 184 Å². The van der Waals surface area contributed by atoms with Crippen LogP contribution in [-0.2, 0) is 0 Å². The lowest BCUT2D eigenvalue weighted by Gasteiger charge is -2.32. The number of nitrogens with one attached hydrogen (secondary N) is 4. The standard InChI is InChI=1S/C21H24FN7O3/c1-11(30)14-8-13(10-25-19(14)24-2)26-18-12(9-23)7-15(22)20(29-18)27-16-5-3-4-6-17(16)28-21(31)32/h7-8,10,16-17,28H,3-6H2,1-2H3,(H,24,25)(H,31,32)(H2,26,27,29)/t16-,17+/m1/s1. The quantitative estimate of drug-likeness (QED) is 0.407. The minimum absolute atomic E-state index is 0.0287. The van der Waals surface area contributed by atoms with Crippen LogP contribution in [-0.4, -0.2) is 46.1 Å². The highest BCUT2D eigenvalue weighted by atomic mass is 19.1. The molecule has 168 valence electrons. The predicted octanol–water partition coefficient (Wildman–Crippen LogP) is 3.47. The first-order valence-electron chi connectivity index (χ1n) is 10.1.